The first-order chi connectivity index (χ1) is 24.4. The Labute approximate surface area is 333 Å². The fraction of sp³-hybridized carbons (Fsp3) is 0.250. The summed E-state index contributed by atoms with van der Waals surface area (Å²) < 4.78 is 96.0. The van der Waals surface area contributed by atoms with Crippen molar-refractivity contribution in [1.29, 1.82) is 0 Å². The van der Waals surface area contributed by atoms with E-state index in [4.69, 9.17) is 13.0 Å². The normalized spacial score (nSPS) is 11.8. The Balaban J connectivity index is 0.000000262. The number of alkyl halides is 3. The van der Waals surface area contributed by atoms with Gasteiger partial charge in [-0.3, -0.25) is 0 Å². The van der Waals surface area contributed by atoms with E-state index in [1.54, 1.807) is 12.1 Å². The van der Waals surface area contributed by atoms with E-state index in [0.29, 0.717) is 0 Å². The van der Waals surface area contributed by atoms with Crippen LogP contribution >= 0.6 is 0 Å². The summed E-state index contributed by atoms with van der Waals surface area (Å²) in [5.74, 6) is 0. The molecule has 0 atom stereocenters. The monoisotopic (exact) mass is 994 g/mol. The highest BCUT2D eigenvalue weighted by atomic mass is 127. The van der Waals surface area contributed by atoms with Gasteiger partial charge in [-0.25, -0.2) is 16.8 Å². The summed E-state index contributed by atoms with van der Waals surface area (Å²) in [4.78, 5) is -0.178. The zero-order valence-electron chi connectivity index (χ0n) is 30.4. The zero-order chi connectivity index (χ0) is 40.1. The van der Waals surface area contributed by atoms with Crippen LogP contribution in [0.2, 0.25) is 0 Å². The van der Waals surface area contributed by atoms with Gasteiger partial charge in [0.05, 0.1) is 4.90 Å². The maximum Gasteiger partial charge on any atom is 0.485 e. The van der Waals surface area contributed by atoms with Gasteiger partial charge in [-0.2, -0.15) is 13.2 Å². The van der Waals surface area contributed by atoms with Crippen molar-refractivity contribution >= 4 is 20.2 Å². The molecular weight excluding hydrogens is 951 g/mol. The van der Waals surface area contributed by atoms with Crippen LogP contribution in [0.15, 0.2) is 138 Å². The third kappa shape index (κ3) is 17.9. The zero-order valence-corrected chi connectivity index (χ0v) is 36.3. The van der Waals surface area contributed by atoms with Gasteiger partial charge in [-0.1, -0.05) is 120 Å². The standard InChI is InChI=1S/C20H26I.C12H10I.C7H8O3S.CHF3O3S/c1-19(2,3)15-7-11-17(12-8-15)21-18-13-9-16(10-14-18)20(4,5)6;1-3-7-11(8-4-1)13-12-9-5-2-6-10-12;1-6-2-4-7(5-3-6)11(8,9)10;2-1(3,4)8(5,6)7/h7-14H,1-6H3;1-10H;2-5H,1H3,(H,8,9,10);(H,5,6,7)/q2*+1;;/p-2. The minimum atomic E-state index is -6.09. The van der Waals surface area contributed by atoms with E-state index < -0.39 is 25.7 Å². The fourth-order valence-electron chi connectivity index (χ4n) is 3.94. The van der Waals surface area contributed by atoms with Crippen LogP contribution in [0.1, 0.15) is 58.2 Å². The lowest BCUT2D eigenvalue weighted by atomic mass is 9.87. The Morgan fingerprint density at radius 3 is 1.00 bits per heavy atom. The molecule has 0 amide bonds. The van der Waals surface area contributed by atoms with Crippen molar-refractivity contribution < 1.29 is 81.5 Å². The van der Waals surface area contributed by atoms with Gasteiger partial charge < -0.3 is 9.11 Å². The average Bonchev–Trinajstić information content (AvgIpc) is 3.05. The molecule has 13 heteroatoms. The molecule has 5 aromatic rings. The number of benzene rings is 5. The first-order valence-electron chi connectivity index (χ1n) is 16.0. The molecule has 0 aromatic heterocycles. The molecule has 0 bridgehead atoms. The molecule has 0 saturated heterocycles. The lowest BCUT2D eigenvalue weighted by molar-refractivity contribution is -0.597. The molecule has 5 rings (SSSR count). The number of rotatable bonds is 5. The predicted octanol–water partition coefficient (Wildman–Crippen LogP) is 3.18. The Morgan fingerprint density at radius 2 is 0.755 bits per heavy atom. The molecule has 0 aliphatic carbocycles. The van der Waals surface area contributed by atoms with E-state index in [2.05, 4.69) is 151 Å². The van der Waals surface area contributed by atoms with Gasteiger partial charge in [0.25, 0.3) is 0 Å². The molecule has 5 aromatic carbocycles. The van der Waals surface area contributed by atoms with Crippen LogP contribution in [-0.2, 0) is 31.1 Å². The Bertz CT molecular complexity index is 1950. The van der Waals surface area contributed by atoms with Crippen molar-refractivity contribution in [3.63, 3.8) is 0 Å². The molecule has 0 radical (unpaired) electrons. The quantitative estimate of drug-likeness (QED) is 0.152. The Morgan fingerprint density at radius 1 is 0.472 bits per heavy atom. The molecule has 0 aliphatic rings. The van der Waals surface area contributed by atoms with Gasteiger partial charge in [0.1, 0.15) is 10.1 Å². The number of hydrogen-bond donors (Lipinski definition) is 0. The van der Waals surface area contributed by atoms with Crippen molar-refractivity contribution in [3.05, 3.63) is 164 Å². The van der Waals surface area contributed by atoms with Gasteiger partial charge in [0.15, 0.2) is 24.4 Å². The van der Waals surface area contributed by atoms with Crippen LogP contribution in [0, 0.1) is 21.2 Å². The lowest BCUT2D eigenvalue weighted by Gasteiger charge is -2.18. The van der Waals surface area contributed by atoms with Crippen molar-refractivity contribution in [3.8, 4) is 0 Å². The summed E-state index contributed by atoms with van der Waals surface area (Å²) in [6.07, 6.45) is 0. The van der Waals surface area contributed by atoms with E-state index in [0.717, 1.165) is 5.56 Å². The highest BCUT2D eigenvalue weighted by Gasteiger charge is 2.37. The number of hydrogen-bond acceptors (Lipinski definition) is 6. The fourth-order valence-corrected chi connectivity index (χ4v) is 8.83. The number of halogens is 5. The van der Waals surface area contributed by atoms with E-state index in [9.17, 15) is 26.1 Å². The summed E-state index contributed by atoms with van der Waals surface area (Å²) in [6.45, 7) is 15.4. The summed E-state index contributed by atoms with van der Waals surface area (Å²) in [7, 11) is -10.4. The molecule has 6 nitrogen and oxygen atoms in total. The van der Waals surface area contributed by atoms with E-state index in [1.807, 2.05) is 6.92 Å². The summed E-state index contributed by atoms with van der Waals surface area (Å²) >= 11 is -0.0416. The minimum absolute atomic E-state index is 0.0287. The van der Waals surface area contributed by atoms with E-state index >= 15 is 0 Å². The highest BCUT2D eigenvalue weighted by molar-refractivity contribution is 7.86. The van der Waals surface area contributed by atoms with Gasteiger partial charge in [-0.05, 0) is 89.5 Å². The van der Waals surface area contributed by atoms with Crippen LogP contribution in [0.3, 0.4) is 0 Å². The van der Waals surface area contributed by atoms with Gasteiger partial charge >= 0.3 is 47.9 Å². The SMILES string of the molecule is CC(C)(C)c1ccc([I+]c2ccc(C(C)(C)C)cc2)cc1.Cc1ccc(S(=O)(=O)[O-])cc1.O=S(=O)([O-])C(F)(F)F.c1ccc([I+]c2ccccc2)cc1. The smallest absolute Gasteiger partial charge is 0.485 e. The second-order valence-corrected chi connectivity index (χ2v) is 22.3. The summed E-state index contributed by atoms with van der Waals surface area (Å²) in [5.41, 5.74) is -1.40. The topological polar surface area (TPSA) is 114 Å². The Kier molecular flexibility index (Phi) is 17.6. The second kappa shape index (κ2) is 20.2. The van der Waals surface area contributed by atoms with Crippen LogP contribution in [-0.4, -0.2) is 31.4 Å². The maximum absolute atomic E-state index is 10.7. The first kappa shape index (κ1) is 46.3. The molecule has 0 unspecified atom stereocenters. The van der Waals surface area contributed by atoms with Crippen LogP contribution in [0.5, 0.6) is 0 Å². The van der Waals surface area contributed by atoms with Crippen LogP contribution in [0.25, 0.3) is 0 Å². The molecule has 0 saturated carbocycles. The molecule has 286 valence electrons. The molecular formula is C40H43F3I2O6S2. The molecule has 0 N–H and O–H groups in total. The molecule has 0 fully saturated rings. The van der Waals surface area contributed by atoms with Gasteiger partial charge in [0.2, 0.25) is 0 Å². The third-order valence-corrected chi connectivity index (χ3v) is 13.7. The van der Waals surface area contributed by atoms with E-state index in [-0.39, 0.29) is 58.1 Å². The molecule has 0 spiro atoms. The Hall–Kier alpha value is -2.83. The van der Waals surface area contributed by atoms with Crippen molar-refractivity contribution in [2.75, 3.05) is 0 Å². The predicted molar refractivity (Wildman–Crippen MR) is 193 cm³/mol. The summed E-state index contributed by atoms with van der Waals surface area (Å²) in [6, 6.07) is 45.6. The summed E-state index contributed by atoms with van der Waals surface area (Å²) in [5, 5.41) is 0. The largest absolute Gasteiger partial charge is 0.744 e. The lowest BCUT2D eigenvalue weighted by Crippen LogP contribution is -3.61. The van der Waals surface area contributed by atoms with Crippen LogP contribution in [0.4, 0.5) is 13.2 Å². The van der Waals surface area contributed by atoms with E-state index in [1.165, 1.54) is 37.5 Å². The van der Waals surface area contributed by atoms with Crippen molar-refractivity contribution in [2.24, 2.45) is 0 Å². The minimum Gasteiger partial charge on any atom is -0.744 e. The van der Waals surface area contributed by atoms with Gasteiger partial charge in [0, 0.05) is 0 Å². The maximum atomic E-state index is 10.7. The van der Waals surface area contributed by atoms with Crippen molar-refractivity contribution in [2.45, 2.75) is 69.7 Å². The third-order valence-electron chi connectivity index (χ3n) is 6.92. The van der Waals surface area contributed by atoms with Gasteiger partial charge in [-0.15, -0.1) is 0 Å². The average molecular weight is 995 g/mol. The molecule has 0 heterocycles. The molecule has 53 heavy (non-hydrogen) atoms. The highest BCUT2D eigenvalue weighted by Crippen LogP contribution is 2.22. The van der Waals surface area contributed by atoms with Crippen molar-refractivity contribution in [1.82, 2.24) is 0 Å². The molecule has 0 aliphatic heterocycles. The first-order valence-corrected chi connectivity index (χ1v) is 23.1. The van der Waals surface area contributed by atoms with Crippen LogP contribution < -0.4 is 42.4 Å². The number of aryl methyl sites for hydroxylation is 1. The second-order valence-electron chi connectivity index (χ2n) is 13.5.